The average molecular weight is 1230 g/mol. The number of ether oxygens (including phenoxy) is 9. The highest BCUT2D eigenvalue weighted by molar-refractivity contribution is 5.80. The Kier molecular flexibility index (Phi) is 44.5. The minimum atomic E-state index is -1.53. The van der Waals surface area contributed by atoms with E-state index in [0.717, 1.165) is 12.8 Å². The lowest BCUT2D eigenvalue weighted by Gasteiger charge is -2.39. The van der Waals surface area contributed by atoms with Crippen molar-refractivity contribution in [1.29, 1.82) is 0 Å². The number of aliphatic hydroxyl groups excluding tert-OH is 9. The maximum atomic E-state index is 13.0. The molecule has 2 aliphatic heterocycles. The summed E-state index contributed by atoms with van der Waals surface area (Å²) in [5.41, 5.74) is 0. The van der Waals surface area contributed by atoms with Crippen LogP contribution in [0.15, 0.2) is 0 Å². The molecule has 496 valence electrons. The van der Waals surface area contributed by atoms with Crippen LogP contribution < -0.4 is 31.9 Å². The number of hydrogen-bond donors (Lipinski definition) is 15. The second-order valence-electron chi connectivity index (χ2n) is 20.8. The molecule has 30 heteroatoms. The molecule has 0 aliphatic carbocycles. The van der Waals surface area contributed by atoms with E-state index in [1.807, 2.05) is 0 Å². The summed E-state index contributed by atoms with van der Waals surface area (Å²) in [6.45, 7) is 3.12. The van der Waals surface area contributed by atoms with Crippen LogP contribution in [0.5, 0.6) is 0 Å². The molecule has 30 nitrogen and oxygen atoms in total. The molecule has 0 spiro atoms. The first-order chi connectivity index (χ1) is 41.0. The Bertz CT molecular complexity index is 1780. The molecule has 0 aromatic rings. The molecule has 2 rings (SSSR count). The highest BCUT2D eigenvalue weighted by Crippen LogP contribution is 2.24. The van der Waals surface area contributed by atoms with Crippen molar-refractivity contribution in [3.8, 4) is 0 Å². The summed E-state index contributed by atoms with van der Waals surface area (Å²) in [5.74, 6) is -1.26. The van der Waals surface area contributed by atoms with Crippen LogP contribution in [-0.4, -0.2) is 281 Å². The van der Waals surface area contributed by atoms with E-state index in [-0.39, 0.29) is 172 Å². The zero-order valence-corrected chi connectivity index (χ0v) is 49.5. The Labute approximate surface area is 498 Å². The van der Waals surface area contributed by atoms with Crippen LogP contribution in [0.4, 0.5) is 0 Å². The van der Waals surface area contributed by atoms with Crippen LogP contribution in [-0.2, 0) is 71.4 Å². The fourth-order valence-electron chi connectivity index (χ4n) is 8.73. The van der Waals surface area contributed by atoms with Crippen LogP contribution in [0.2, 0.25) is 0 Å². The highest BCUT2D eigenvalue weighted by Gasteiger charge is 2.45. The summed E-state index contributed by atoms with van der Waals surface area (Å²) in [7, 11) is 1.58. The van der Waals surface area contributed by atoms with Crippen molar-refractivity contribution in [1.82, 2.24) is 31.9 Å². The SMILES string of the molecule is COCC(CO)CCCCNC(=O)C[C@H](CCCCNC(=O)CCOCCOCCNC(=O)CCCCO[C@@H]1OC(CO)[C@@H](O)[C@H](O)C1O)NC(=O)CCCNC(=O)CCOCCOCCNC(=O)CCCCO[C@@H]1OC(CO)[C@@H](O)[C@H](O)C1O. The molecular formula is C55H102N6O24. The molecule has 5 unspecified atom stereocenters. The first-order valence-electron chi connectivity index (χ1n) is 29.9. The lowest BCUT2D eigenvalue weighted by Crippen LogP contribution is -2.59. The lowest BCUT2D eigenvalue weighted by atomic mass is 9.99. The van der Waals surface area contributed by atoms with Gasteiger partial charge in [0.05, 0.1) is 72.7 Å². The van der Waals surface area contributed by atoms with Gasteiger partial charge in [-0.2, -0.15) is 0 Å². The summed E-state index contributed by atoms with van der Waals surface area (Å²) in [6, 6.07) is -0.458. The van der Waals surface area contributed by atoms with Crippen LogP contribution in [0.3, 0.4) is 0 Å². The van der Waals surface area contributed by atoms with Crippen molar-refractivity contribution in [3.05, 3.63) is 0 Å². The fourth-order valence-corrected chi connectivity index (χ4v) is 8.73. The van der Waals surface area contributed by atoms with E-state index in [1.165, 1.54) is 0 Å². The quantitative estimate of drug-likeness (QED) is 0.0256. The van der Waals surface area contributed by atoms with Gasteiger partial charge in [-0.1, -0.05) is 6.42 Å². The van der Waals surface area contributed by atoms with Gasteiger partial charge in [0.15, 0.2) is 12.6 Å². The predicted molar refractivity (Wildman–Crippen MR) is 301 cm³/mol. The average Bonchev–Trinajstić information content (AvgIpc) is 3.40. The maximum Gasteiger partial charge on any atom is 0.222 e. The first-order valence-corrected chi connectivity index (χ1v) is 29.9. The topological polar surface area (TPSA) is 440 Å². The number of carbonyl (C=O) groups is 6. The largest absolute Gasteiger partial charge is 0.396 e. The molecule has 2 fully saturated rings. The van der Waals surface area contributed by atoms with Crippen LogP contribution in [0.1, 0.15) is 109 Å². The summed E-state index contributed by atoms with van der Waals surface area (Å²) in [6.07, 6.45) is -6.41. The van der Waals surface area contributed by atoms with Gasteiger partial charge in [0.25, 0.3) is 0 Å². The summed E-state index contributed by atoms with van der Waals surface area (Å²) in [5, 5.41) is 104. The Morgan fingerprint density at radius 2 is 0.824 bits per heavy atom. The van der Waals surface area contributed by atoms with Crippen LogP contribution >= 0.6 is 0 Å². The molecule has 85 heavy (non-hydrogen) atoms. The number of amides is 6. The maximum absolute atomic E-state index is 13.0. The Hall–Kier alpha value is -3.90. The zero-order valence-electron chi connectivity index (χ0n) is 49.5. The van der Waals surface area contributed by atoms with Crippen molar-refractivity contribution < 1.29 is 117 Å². The second-order valence-corrected chi connectivity index (χ2v) is 20.8. The van der Waals surface area contributed by atoms with Crippen molar-refractivity contribution in [2.45, 2.75) is 177 Å². The Morgan fingerprint density at radius 1 is 0.412 bits per heavy atom. The van der Waals surface area contributed by atoms with E-state index in [2.05, 4.69) is 31.9 Å². The summed E-state index contributed by atoms with van der Waals surface area (Å²) < 4.78 is 48.5. The van der Waals surface area contributed by atoms with Gasteiger partial charge in [-0.3, -0.25) is 28.8 Å². The van der Waals surface area contributed by atoms with Gasteiger partial charge in [0, 0.05) is 110 Å². The van der Waals surface area contributed by atoms with Crippen molar-refractivity contribution in [3.63, 3.8) is 0 Å². The van der Waals surface area contributed by atoms with Crippen LogP contribution in [0.25, 0.3) is 0 Å². The van der Waals surface area contributed by atoms with E-state index in [1.54, 1.807) is 7.11 Å². The molecule has 6 amide bonds. The Balaban J connectivity index is 1.53. The summed E-state index contributed by atoms with van der Waals surface area (Å²) >= 11 is 0. The van der Waals surface area contributed by atoms with Crippen molar-refractivity contribution >= 4 is 35.4 Å². The van der Waals surface area contributed by atoms with E-state index in [0.29, 0.717) is 77.5 Å². The van der Waals surface area contributed by atoms with Crippen molar-refractivity contribution in [2.75, 3.05) is 132 Å². The molecule has 0 radical (unpaired) electrons. The predicted octanol–water partition coefficient (Wildman–Crippen LogP) is -4.36. The molecule has 0 saturated carbocycles. The number of rotatable bonds is 52. The molecule has 0 bridgehead atoms. The lowest BCUT2D eigenvalue weighted by molar-refractivity contribution is -0.301. The normalized spacial score (nSPS) is 22.9. The standard InChI is InChI=1S/C55H102N6O24/c1-77-37-38(34-62)11-2-6-19-58-47(70)33-39(12-3-7-18-56-44(67)16-25-78-29-31-80-27-21-59-42(65)13-4-8-23-82-54-52(75)50(73)48(71)40(35-63)84-54)61-46(69)15-10-20-57-45(68)17-26-79-30-32-81-28-22-60-43(66)14-5-9-24-83-55-53(76)51(74)49(72)41(36-64)85-55/h38-41,48-55,62-64,71-76H,2-37H2,1H3,(H,56,67)(H,57,68)(H,58,70)(H,59,65)(H,60,66)(H,61,69)/t38?,39-,40?,41?,48+,49+,50-,51-,52?,53?,54+,55+/m0/s1. The number of methoxy groups -OCH3 is 1. The molecule has 2 heterocycles. The van der Waals surface area contributed by atoms with Gasteiger partial charge < -0.3 is 120 Å². The van der Waals surface area contributed by atoms with Gasteiger partial charge in [-0.15, -0.1) is 0 Å². The van der Waals surface area contributed by atoms with Gasteiger partial charge in [0.2, 0.25) is 35.4 Å². The molecule has 2 saturated heterocycles. The van der Waals surface area contributed by atoms with E-state index < -0.39 is 80.7 Å². The molecule has 15 N–H and O–H groups in total. The highest BCUT2D eigenvalue weighted by atomic mass is 16.7. The Morgan fingerprint density at radius 3 is 1.28 bits per heavy atom. The van der Waals surface area contributed by atoms with Crippen molar-refractivity contribution in [2.24, 2.45) is 5.92 Å². The summed E-state index contributed by atoms with van der Waals surface area (Å²) in [4.78, 5) is 75.0. The number of carbonyl (C=O) groups excluding carboxylic acids is 6. The first kappa shape index (κ1) is 77.2. The molecule has 2 aliphatic rings. The van der Waals surface area contributed by atoms with Gasteiger partial charge in [-0.05, 0) is 64.2 Å². The minimum Gasteiger partial charge on any atom is -0.396 e. The number of unbranched alkanes of at least 4 members (excludes halogenated alkanes) is 4. The second kappa shape index (κ2) is 49.0. The number of nitrogens with one attached hydrogen (secondary N) is 6. The third-order valence-corrected chi connectivity index (χ3v) is 13.7. The van der Waals surface area contributed by atoms with Gasteiger partial charge in [-0.25, -0.2) is 0 Å². The third kappa shape index (κ3) is 36.2. The van der Waals surface area contributed by atoms with Crippen LogP contribution in [0, 0.1) is 5.92 Å². The number of aliphatic hydroxyl groups is 9. The minimum absolute atomic E-state index is 0.0239. The third-order valence-electron chi connectivity index (χ3n) is 13.7. The molecule has 0 aromatic heterocycles. The van der Waals surface area contributed by atoms with Gasteiger partial charge in [0.1, 0.15) is 48.8 Å². The number of hydrogen-bond acceptors (Lipinski definition) is 24. The molecule has 12 atom stereocenters. The fraction of sp³-hybridized carbons (Fsp3) is 0.891. The van der Waals surface area contributed by atoms with E-state index in [9.17, 15) is 74.7 Å². The van der Waals surface area contributed by atoms with E-state index in [4.69, 9.17) is 42.6 Å². The van der Waals surface area contributed by atoms with E-state index >= 15 is 0 Å². The van der Waals surface area contributed by atoms with Gasteiger partial charge >= 0.3 is 0 Å². The molecular weight excluding hydrogens is 1130 g/mol. The smallest absolute Gasteiger partial charge is 0.222 e. The zero-order chi connectivity index (χ0) is 62.5. The molecule has 0 aromatic carbocycles. The monoisotopic (exact) mass is 1230 g/mol.